The van der Waals surface area contributed by atoms with Gasteiger partial charge >= 0.3 is 11.9 Å². The Morgan fingerprint density at radius 1 is 1.10 bits per heavy atom. The number of aliphatic hydroxyl groups is 1. The van der Waals surface area contributed by atoms with Crippen molar-refractivity contribution in [3.8, 4) is 5.75 Å². The van der Waals surface area contributed by atoms with Gasteiger partial charge in [-0.15, -0.1) is 0 Å². The van der Waals surface area contributed by atoms with E-state index in [0.29, 0.717) is 29.4 Å². The predicted molar refractivity (Wildman–Crippen MR) is 158 cm³/mol. The van der Waals surface area contributed by atoms with E-state index in [1.54, 1.807) is 50.2 Å². The molecule has 1 aliphatic rings. The van der Waals surface area contributed by atoms with Crippen molar-refractivity contribution in [3.05, 3.63) is 118 Å². The summed E-state index contributed by atoms with van der Waals surface area (Å²) in [7, 11) is 0. The number of hydrogen-bond acceptors (Lipinski definition) is 9. The molecule has 0 bridgehead atoms. The summed E-state index contributed by atoms with van der Waals surface area (Å²) in [6.45, 7) is 9.26. The van der Waals surface area contributed by atoms with E-state index in [0.717, 1.165) is 27.4 Å². The van der Waals surface area contributed by atoms with Crippen LogP contribution in [-0.4, -0.2) is 34.4 Å². The number of anilines is 1. The number of benzene rings is 2. The van der Waals surface area contributed by atoms with Crippen molar-refractivity contribution in [2.45, 2.75) is 33.4 Å². The largest absolute Gasteiger partial charge is 0.507 e. The Morgan fingerprint density at radius 2 is 1.83 bits per heavy atom. The number of ether oxygens (including phenoxy) is 2. The highest BCUT2D eigenvalue weighted by Crippen LogP contribution is 2.44. The lowest BCUT2D eigenvalue weighted by atomic mass is 9.99. The quantitative estimate of drug-likeness (QED) is 0.0811. The first-order chi connectivity index (χ1) is 20.2. The van der Waals surface area contributed by atoms with Crippen molar-refractivity contribution in [2.75, 3.05) is 11.5 Å². The van der Waals surface area contributed by atoms with Crippen LogP contribution in [0.1, 0.15) is 49.6 Å². The molecule has 10 heteroatoms. The normalized spacial score (nSPS) is 16.1. The molecule has 1 fully saturated rings. The van der Waals surface area contributed by atoms with Gasteiger partial charge in [-0.1, -0.05) is 48.3 Å². The molecule has 1 saturated heterocycles. The third-order valence-corrected chi connectivity index (χ3v) is 7.90. The minimum Gasteiger partial charge on any atom is -0.507 e. The number of aliphatic hydroxyl groups excluding tert-OH is 1. The van der Waals surface area contributed by atoms with E-state index in [-0.39, 0.29) is 33.7 Å². The Hall–Kier alpha value is -4.96. The molecule has 2 aromatic carbocycles. The molecule has 2 aromatic heterocycles. The monoisotopic (exact) mass is 584 g/mol. The highest BCUT2D eigenvalue weighted by atomic mass is 32.1. The number of amides is 1. The number of carbonyl (C=O) groups is 3. The summed E-state index contributed by atoms with van der Waals surface area (Å²) in [5.41, 5.74) is 2.65. The maximum absolute atomic E-state index is 13.4. The number of esters is 1. The Bertz CT molecular complexity index is 1710. The van der Waals surface area contributed by atoms with Crippen molar-refractivity contribution in [3.63, 3.8) is 0 Å². The fraction of sp³-hybridized carbons (Fsp3) is 0.188. The molecule has 1 amide bonds. The van der Waals surface area contributed by atoms with Crippen LogP contribution in [0.2, 0.25) is 0 Å². The van der Waals surface area contributed by atoms with Crippen LogP contribution in [-0.2, 0) is 20.9 Å². The lowest BCUT2D eigenvalue weighted by molar-refractivity contribution is -0.132. The molecule has 5 rings (SSSR count). The predicted octanol–water partition coefficient (Wildman–Crippen LogP) is 6.21. The maximum Gasteiger partial charge on any atom is 0.350 e. The van der Waals surface area contributed by atoms with Gasteiger partial charge in [0.05, 0.1) is 11.3 Å². The number of thiazole rings is 1. The van der Waals surface area contributed by atoms with Crippen LogP contribution in [0.3, 0.4) is 0 Å². The molecule has 1 N–H and O–H groups in total. The van der Waals surface area contributed by atoms with Crippen molar-refractivity contribution < 1.29 is 33.4 Å². The zero-order valence-corrected chi connectivity index (χ0v) is 24.1. The second-order valence-electron chi connectivity index (χ2n) is 9.66. The highest BCUT2D eigenvalue weighted by Gasteiger charge is 2.50. The van der Waals surface area contributed by atoms with Crippen LogP contribution in [0, 0.1) is 20.8 Å². The molecular formula is C32H28N2O7S. The molecule has 9 nitrogen and oxygen atoms in total. The van der Waals surface area contributed by atoms with Gasteiger partial charge in [0.25, 0.3) is 5.78 Å². The van der Waals surface area contributed by atoms with E-state index >= 15 is 0 Å². The second-order valence-corrected chi connectivity index (χ2v) is 10.6. The Labute approximate surface area is 246 Å². The van der Waals surface area contributed by atoms with Gasteiger partial charge in [0.2, 0.25) is 0 Å². The molecule has 1 atom stereocenters. The third kappa shape index (κ3) is 5.48. The molecule has 0 radical (unpaired) electrons. The standard InChI is InChI=1S/C32H28N2O7S/c1-5-16-39-31(38)29-20(4)33-32(42-29)34-26(24-15-10-19(3)41-24)25(28(36)30(34)37)27(35)21-11-13-23(14-12-21)40-17-22-9-7-6-8-18(22)2/h5-15,26,35H,1,16-17H2,2-4H3/b27-25+. The first-order valence-electron chi connectivity index (χ1n) is 13.1. The van der Waals surface area contributed by atoms with Crippen LogP contribution >= 0.6 is 11.3 Å². The number of aromatic nitrogens is 1. The van der Waals surface area contributed by atoms with Gasteiger partial charge in [-0.25, -0.2) is 9.78 Å². The fourth-order valence-corrected chi connectivity index (χ4v) is 5.56. The highest BCUT2D eigenvalue weighted by molar-refractivity contribution is 7.17. The minimum atomic E-state index is -1.11. The van der Waals surface area contributed by atoms with Gasteiger partial charge in [-0.3, -0.25) is 14.5 Å². The molecule has 0 aliphatic carbocycles. The first kappa shape index (κ1) is 28.6. The Morgan fingerprint density at radius 3 is 2.50 bits per heavy atom. The summed E-state index contributed by atoms with van der Waals surface area (Å²) < 4.78 is 16.9. The number of carbonyl (C=O) groups excluding carboxylic acids is 3. The Balaban J connectivity index is 1.50. The Kier molecular flexibility index (Phi) is 8.08. The summed E-state index contributed by atoms with van der Waals surface area (Å²) in [4.78, 5) is 45.1. The van der Waals surface area contributed by atoms with Crippen LogP contribution in [0.25, 0.3) is 5.76 Å². The summed E-state index contributed by atoms with van der Waals surface area (Å²) in [6.07, 6.45) is 1.44. The van der Waals surface area contributed by atoms with E-state index < -0.39 is 23.7 Å². The topological polar surface area (TPSA) is 119 Å². The average Bonchev–Trinajstić information content (AvgIpc) is 3.66. The lowest BCUT2D eigenvalue weighted by Crippen LogP contribution is -2.29. The van der Waals surface area contributed by atoms with Crippen molar-refractivity contribution in [2.24, 2.45) is 0 Å². The number of rotatable bonds is 9. The van der Waals surface area contributed by atoms with Crippen molar-refractivity contribution >= 4 is 39.9 Å². The molecule has 0 spiro atoms. The van der Waals surface area contributed by atoms with E-state index in [1.165, 1.54) is 6.08 Å². The van der Waals surface area contributed by atoms with E-state index in [1.807, 2.05) is 31.2 Å². The maximum atomic E-state index is 13.4. The molecule has 0 saturated carbocycles. The molecule has 4 aromatic rings. The number of nitrogens with zero attached hydrogens (tertiary/aromatic N) is 2. The SMILES string of the molecule is C=CCOC(=O)c1sc(N2C(=O)C(=O)/C(=C(/O)c3ccc(OCc4ccccc4C)cc3)C2c2ccc(C)o2)nc1C. The number of Topliss-reactive ketones (excluding diaryl/α,β-unsaturated/α-hetero) is 1. The van der Waals surface area contributed by atoms with Crippen LogP contribution in [0.5, 0.6) is 5.75 Å². The molecular weight excluding hydrogens is 556 g/mol. The second kappa shape index (κ2) is 11.9. The van der Waals surface area contributed by atoms with E-state index in [4.69, 9.17) is 13.9 Å². The van der Waals surface area contributed by atoms with E-state index in [2.05, 4.69) is 11.6 Å². The van der Waals surface area contributed by atoms with Gasteiger partial charge in [0, 0.05) is 5.56 Å². The van der Waals surface area contributed by atoms with Gasteiger partial charge in [0.15, 0.2) is 5.13 Å². The summed E-state index contributed by atoms with van der Waals surface area (Å²) >= 11 is 0.913. The van der Waals surface area contributed by atoms with Gasteiger partial charge in [-0.2, -0.15) is 0 Å². The fourth-order valence-electron chi connectivity index (χ4n) is 4.57. The third-order valence-electron chi connectivity index (χ3n) is 6.77. The lowest BCUT2D eigenvalue weighted by Gasteiger charge is -2.20. The summed E-state index contributed by atoms with van der Waals surface area (Å²) in [6, 6.07) is 16.7. The molecule has 214 valence electrons. The number of hydrogen-bond donors (Lipinski definition) is 1. The average molecular weight is 585 g/mol. The zero-order chi connectivity index (χ0) is 30.0. The van der Waals surface area contributed by atoms with Gasteiger partial charge < -0.3 is 19.0 Å². The summed E-state index contributed by atoms with van der Waals surface area (Å²) in [5.74, 6) is -1.43. The van der Waals surface area contributed by atoms with Gasteiger partial charge in [0.1, 0.15) is 47.2 Å². The molecule has 3 heterocycles. The van der Waals surface area contributed by atoms with Crippen LogP contribution < -0.4 is 9.64 Å². The molecule has 1 unspecified atom stereocenters. The first-order valence-corrected chi connectivity index (χ1v) is 13.9. The molecule has 42 heavy (non-hydrogen) atoms. The number of aryl methyl sites for hydroxylation is 3. The summed E-state index contributed by atoms with van der Waals surface area (Å²) in [5, 5.41) is 11.5. The molecule has 1 aliphatic heterocycles. The van der Waals surface area contributed by atoms with Gasteiger partial charge in [-0.05, 0) is 68.3 Å². The number of ketones is 1. The smallest absolute Gasteiger partial charge is 0.350 e. The van der Waals surface area contributed by atoms with Crippen molar-refractivity contribution in [1.82, 2.24) is 4.98 Å². The zero-order valence-electron chi connectivity index (χ0n) is 23.2. The van der Waals surface area contributed by atoms with Crippen LogP contribution in [0.4, 0.5) is 5.13 Å². The van der Waals surface area contributed by atoms with Crippen LogP contribution in [0.15, 0.2) is 83.3 Å². The van der Waals surface area contributed by atoms with Crippen molar-refractivity contribution in [1.29, 1.82) is 0 Å². The minimum absolute atomic E-state index is 0.0113. The number of furan rings is 1. The van der Waals surface area contributed by atoms with E-state index in [9.17, 15) is 19.5 Å².